The largest absolute Gasteiger partial charge is 0.493 e. The van der Waals surface area contributed by atoms with E-state index in [4.69, 9.17) is 16.3 Å². The lowest BCUT2D eigenvalue weighted by Crippen LogP contribution is -2.25. The maximum atomic E-state index is 13.7. The molecule has 0 saturated heterocycles. The first-order valence-corrected chi connectivity index (χ1v) is 6.27. The van der Waals surface area contributed by atoms with Crippen molar-refractivity contribution in [1.29, 1.82) is 0 Å². The molecule has 2 aromatic rings. The van der Waals surface area contributed by atoms with E-state index in [2.05, 4.69) is 0 Å². The lowest BCUT2D eigenvalue weighted by atomic mass is 10.2. The van der Waals surface area contributed by atoms with Crippen LogP contribution in [0.2, 0.25) is 0 Å². The van der Waals surface area contributed by atoms with Gasteiger partial charge in [0.2, 0.25) is 0 Å². The van der Waals surface area contributed by atoms with Gasteiger partial charge in [-0.25, -0.2) is 4.39 Å². The molecule has 0 aliphatic rings. The zero-order valence-corrected chi connectivity index (χ0v) is 11.4. The van der Waals surface area contributed by atoms with Gasteiger partial charge in [0.25, 0.3) is 10.8 Å². The molecule has 0 atom stereocenters. The van der Waals surface area contributed by atoms with Gasteiger partial charge in [0.05, 0.1) is 12.3 Å². The third kappa shape index (κ3) is 2.58. The number of carbonyl (C=O) groups excluding carboxylic acids is 1. The van der Waals surface area contributed by atoms with Gasteiger partial charge in [0.1, 0.15) is 17.1 Å². The maximum absolute atomic E-state index is 13.7. The molecule has 2 rings (SSSR count). The summed E-state index contributed by atoms with van der Waals surface area (Å²) >= 11 is 5.42. The van der Waals surface area contributed by atoms with E-state index in [1.807, 2.05) is 0 Å². The van der Waals surface area contributed by atoms with Crippen LogP contribution in [0, 0.1) is 5.82 Å². The van der Waals surface area contributed by atoms with Crippen molar-refractivity contribution in [2.75, 3.05) is 6.61 Å². The number of carbonyl (C=O) groups is 1. The molecule has 0 fully saturated rings. The zero-order valence-electron chi connectivity index (χ0n) is 10.6. The molecule has 0 unspecified atom stereocenters. The van der Waals surface area contributed by atoms with Crippen LogP contribution in [0.3, 0.4) is 0 Å². The standard InChI is InChI=1S/C14H11ClFNO3/c1-2-20-11-7-8-17(14(19)12(11)13(15)18)10-6-4-3-5-9(10)16/h3-8H,2H2,1H3. The lowest BCUT2D eigenvalue weighted by Gasteiger charge is -2.11. The third-order valence-electron chi connectivity index (χ3n) is 2.66. The van der Waals surface area contributed by atoms with Crippen molar-refractivity contribution in [3.63, 3.8) is 0 Å². The Hall–Kier alpha value is -2.14. The molecule has 4 nitrogen and oxygen atoms in total. The number of halogens is 2. The fraction of sp³-hybridized carbons (Fsp3) is 0.143. The van der Waals surface area contributed by atoms with Gasteiger partial charge in [0, 0.05) is 6.20 Å². The summed E-state index contributed by atoms with van der Waals surface area (Å²) in [6.45, 7) is 1.99. The molecule has 20 heavy (non-hydrogen) atoms. The molecule has 0 amide bonds. The Kier molecular flexibility index (Phi) is 4.20. The average molecular weight is 296 g/mol. The zero-order chi connectivity index (χ0) is 14.7. The van der Waals surface area contributed by atoms with E-state index in [0.717, 1.165) is 4.57 Å². The third-order valence-corrected chi connectivity index (χ3v) is 2.85. The first kappa shape index (κ1) is 14.3. The second kappa shape index (κ2) is 5.88. The van der Waals surface area contributed by atoms with Gasteiger partial charge >= 0.3 is 0 Å². The van der Waals surface area contributed by atoms with Gasteiger partial charge in [-0.1, -0.05) is 12.1 Å². The van der Waals surface area contributed by atoms with Crippen LogP contribution in [0.1, 0.15) is 17.3 Å². The molecule has 0 radical (unpaired) electrons. The monoisotopic (exact) mass is 295 g/mol. The van der Waals surface area contributed by atoms with Gasteiger partial charge in [-0.05, 0) is 36.7 Å². The molecule has 0 saturated carbocycles. The molecular weight excluding hydrogens is 285 g/mol. The normalized spacial score (nSPS) is 10.3. The minimum Gasteiger partial charge on any atom is -0.493 e. The number of nitrogens with zero attached hydrogens (tertiary/aromatic N) is 1. The molecule has 1 aromatic heterocycles. The first-order chi connectivity index (χ1) is 9.56. The topological polar surface area (TPSA) is 48.3 Å². The number of hydrogen-bond acceptors (Lipinski definition) is 3. The van der Waals surface area contributed by atoms with Crippen molar-refractivity contribution in [2.24, 2.45) is 0 Å². The Balaban J connectivity index is 2.69. The second-order valence-corrected chi connectivity index (χ2v) is 4.23. The molecular formula is C14H11ClFNO3. The van der Waals surface area contributed by atoms with Crippen LogP contribution in [0.25, 0.3) is 5.69 Å². The summed E-state index contributed by atoms with van der Waals surface area (Å²) in [5.74, 6) is -0.489. The highest BCUT2D eigenvalue weighted by Gasteiger charge is 2.18. The summed E-state index contributed by atoms with van der Waals surface area (Å²) in [5.41, 5.74) is -0.986. The van der Waals surface area contributed by atoms with E-state index in [1.54, 1.807) is 13.0 Å². The molecule has 1 aromatic carbocycles. The van der Waals surface area contributed by atoms with Gasteiger partial charge in [-0.3, -0.25) is 14.2 Å². The average Bonchev–Trinajstić information content (AvgIpc) is 2.40. The number of benzene rings is 1. The van der Waals surface area contributed by atoms with E-state index in [0.29, 0.717) is 0 Å². The van der Waals surface area contributed by atoms with Crippen LogP contribution in [0.5, 0.6) is 5.75 Å². The van der Waals surface area contributed by atoms with Crippen molar-refractivity contribution >= 4 is 16.8 Å². The fourth-order valence-electron chi connectivity index (χ4n) is 1.81. The summed E-state index contributed by atoms with van der Waals surface area (Å²) in [6.07, 6.45) is 1.34. The molecule has 0 aliphatic heterocycles. The minimum absolute atomic E-state index is 0.0414. The van der Waals surface area contributed by atoms with E-state index in [-0.39, 0.29) is 23.6 Å². The number of aromatic nitrogens is 1. The summed E-state index contributed by atoms with van der Waals surface area (Å²) in [4.78, 5) is 23.7. The molecule has 104 valence electrons. The molecule has 0 bridgehead atoms. The highest BCUT2D eigenvalue weighted by atomic mass is 35.5. The number of para-hydroxylation sites is 1. The van der Waals surface area contributed by atoms with Gasteiger partial charge in [-0.15, -0.1) is 0 Å². The maximum Gasteiger partial charge on any atom is 0.271 e. The van der Waals surface area contributed by atoms with Crippen molar-refractivity contribution in [3.8, 4) is 11.4 Å². The van der Waals surface area contributed by atoms with E-state index >= 15 is 0 Å². The minimum atomic E-state index is -0.941. The van der Waals surface area contributed by atoms with Crippen molar-refractivity contribution < 1.29 is 13.9 Å². The Morgan fingerprint density at radius 3 is 2.65 bits per heavy atom. The van der Waals surface area contributed by atoms with E-state index in [1.165, 1.54) is 30.5 Å². The quantitative estimate of drug-likeness (QED) is 0.815. The fourth-order valence-corrected chi connectivity index (χ4v) is 1.99. The second-order valence-electron chi connectivity index (χ2n) is 3.89. The van der Waals surface area contributed by atoms with Gasteiger partial charge < -0.3 is 4.74 Å². The smallest absolute Gasteiger partial charge is 0.271 e. The summed E-state index contributed by atoms with van der Waals surface area (Å²) in [5, 5.41) is -0.941. The van der Waals surface area contributed by atoms with Crippen molar-refractivity contribution in [2.45, 2.75) is 6.92 Å². The Morgan fingerprint density at radius 2 is 2.05 bits per heavy atom. The Bertz CT molecular complexity index is 712. The number of ether oxygens (including phenoxy) is 1. The Labute approximate surface area is 119 Å². The number of rotatable bonds is 4. The highest BCUT2D eigenvalue weighted by molar-refractivity contribution is 6.68. The summed E-state index contributed by atoms with van der Waals surface area (Å²) in [7, 11) is 0. The van der Waals surface area contributed by atoms with Gasteiger partial charge in [-0.2, -0.15) is 0 Å². The summed E-state index contributed by atoms with van der Waals surface area (Å²) in [6, 6.07) is 7.16. The van der Waals surface area contributed by atoms with E-state index in [9.17, 15) is 14.0 Å². The summed E-state index contributed by atoms with van der Waals surface area (Å²) < 4.78 is 19.9. The molecule has 0 N–H and O–H groups in total. The van der Waals surface area contributed by atoms with Gasteiger partial charge in [0.15, 0.2) is 0 Å². The molecule has 1 heterocycles. The van der Waals surface area contributed by atoms with Crippen LogP contribution >= 0.6 is 11.6 Å². The highest BCUT2D eigenvalue weighted by Crippen LogP contribution is 2.19. The predicted octanol–water partition coefficient (Wildman–Crippen LogP) is 2.75. The van der Waals surface area contributed by atoms with Crippen molar-refractivity contribution in [1.82, 2.24) is 4.57 Å². The predicted molar refractivity (Wildman–Crippen MR) is 73.3 cm³/mol. The number of pyridine rings is 1. The molecule has 0 spiro atoms. The SMILES string of the molecule is CCOc1ccn(-c2ccccc2F)c(=O)c1C(=O)Cl. The van der Waals surface area contributed by atoms with Crippen LogP contribution in [-0.4, -0.2) is 16.4 Å². The van der Waals surface area contributed by atoms with Crippen LogP contribution in [0.15, 0.2) is 41.3 Å². The van der Waals surface area contributed by atoms with E-state index < -0.39 is 16.6 Å². The first-order valence-electron chi connectivity index (χ1n) is 5.89. The van der Waals surface area contributed by atoms with Crippen molar-refractivity contribution in [3.05, 3.63) is 58.3 Å². The number of hydrogen-bond donors (Lipinski definition) is 0. The Morgan fingerprint density at radius 1 is 1.35 bits per heavy atom. The van der Waals surface area contributed by atoms with Crippen LogP contribution in [0.4, 0.5) is 4.39 Å². The van der Waals surface area contributed by atoms with Crippen LogP contribution < -0.4 is 10.3 Å². The lowest BCUT2D eigenvalue weighted by molar-refractivity contribution is 0.107. The molecule has 6 heteroatoms. The molecule has 0 aliphatic carbocycles. The van der Waals surface area contributed by atoms with Crippen LogP contribution in [-0.2, 0) is 0 Å².